The predicted molar refractivity (Wildman–Crippen MR) is 125 cm³/mol. The van der Waals surface area contributed by atoms with Crippen LogP contribution in [-0.2, 0) is 33.3 Å². The number of alkyl carbamates (subject to hydrolysis) is 1. The molecule has 188 valence electrons. The molecule has 1 rings (SSSR count). The van der Waals surface area contributed by atoms with Crippen molar-refractivity contribution in [2.24, 2.45) is 5.41 Å². The van der Waals surface area contributed by atoms with Gasteiger partial charge in [-0.2, -0.15) is 0 Å². The first-order chi connectivity index (χ1) is 15.9. The maximum atomic E-state index is 13.4. The molecule has 0 radical (unpaired) electrons. The van der Waals surface area contributed by atoms with Crippen LogP contribution in [0.1, 0.15) is 58.2 Å². The van der Waals surface area contributed by atoms with Crippen LogP contribution in [0.3, 0.4) is 0 Å². The van der Waals surface area contributed by atoms with Crippen molar-refractivity contribution < 1.29 is 38.1 Å². The van der Waals surface area contributed by atoms with Crippen LogP contribution < -0.4 is 5.32 Å². The summed E-state index contributed by atoms with van der Waals surface area (Å²) in [6, 6.07) is 5.75. The highest BCUT2D eigenvalue weighted by molar-refractivity contribution is 6.02. The Morgan fingerprint density at radius 2 is 1.62 bits per heavy atom. The Labute approximate surface area is 200 Å². The first kappa shape index (κ1) is 28.7. The van der Waals surface area contributed by atoms with E-state index in [2.05, 4.69) is 10.1 Å². The lowest BCUT2D eigenvalue weighted by atomic mass is 9.73. The summed E-state index contributed by atoms with van der Waals surface area (Å²) in [6.45, 7) is 10.1. The molecule has 9 nitrogen and oxygen atoms in total. The summed E-state index contributed by atoms with van der Waals surface area (Å²) < 4.78 is 20.6. The minimum atomic E-state index is -2.05. The molecule has 1 amide bonds. The number of carbonyl (C=O) groups is 4. The minimum Gasteiger partial charge on any atom is -0.466 e. The fourth-order valence-electron chi connectivity index (χ4n) is 3.30. The van der Waals surface area contributed by atoms with E-state index in [9.17, 15) is 19.2 Å². The number of esters is 3. The van der Waals surface area contributed by atoms with Crippen LogP contribution >= 0.6 is 0 Å². The second-order valence-corrected chi connectivity index (χ2v) is 8.54. The molecule has 0 aliphatic heterocycles. The van der Waals surface area contributed by atoms with Gasteiger partial charge in [0, 0.05) is 6.08 Å². The lowest BCUT2D eigenvalue weighted by molar-refractivity contribution is -0.174. The van der Waals surface area contributed by atoms with E-state index in [0.29, 0.717) is 5.56 Å². The fraction of sp³-hybridized carbons (Fsp3) is 0.520. The van der Waals surface area contributed by atoms with Gasteiger partial charge in [0.25, 0.3) is 0 Å². The zero-order valence-corrected chi connectivity index (χ0v) is 20.9. The number of ether oxygens (including phenoxy) is 4. The number of carbonyl (C=O) groups excluding carboxylic acids is 4. The second kappa shape index (κ2) is 12.8. The van der Waals surface area contributed by atoms with Crippen molar-refractivity contribution in [1.82, 2.24) is 5.32 Å². The molecule has 0 unspecified atom stereocenters. The number of amides is 1. The first-order valence-electron chi connectivity index (χ1n) is 11.1. The van der Waals surface area contributed by atoms with Gasteiger partial charge in [0.15, 0.2) is 5.41 Å². The van der Waals surface area contributed by atoms with Gasteiger partial charge in [0.2, 0.25) is 0 Å². The van der Waals surface area contributed by atoms with Crippen LogP contribution in [0.25, 0.3) is 0 Å². The Balaban J connectivity index is 3.78. The molecule has 0 saturated carbocycles. The third kappa shape index (κ3) is 7.90. The minimum absolute atomic E-state index is 0.0202. The quantitative estimate of drug-likeness (QED) is 0.234. The average molecular weight is 478 g/mol. The number of hydrogen-bond acceptors (Lipinski definition) is 8. The molecule has 0 aliphatic carbocycles. The second-order valence-electron chi connectivity index (χ2n) is 8.54. The summed E-state index contributed by atoms with van der Waals surface area (Å²) in [6.07, 6.45) is 1.26. The highest BCUT2D eigenvalue weighted by atomic mass is 16.6. The highest BCUT2D eigenvalue weighted by Crippen LogP contribution is 2.41. The number of hydrogen-bond donors (Lipinski definition) is 1. The molecular weight excluding hydrogens is 442 g/mol. The first-order valence-corrected chi connectivity index (χ1v) is 11.1. The van der Waals surface area contributed by atoms with Crippen LogP contribution in [0, 0.1) is 12.3 Å². The molecule has 0 spiro atoms. The fourth-order valence-corrected chi connectivity index (χ4v) is 3.30. The van der Waals surface area contributed by atoms with Crippen molar-refractivity contribution in [2.45, 2.75) is 59.6 Å². The van der Waals surface area contributed by atoms with Gasteiger partial charge in [-0.15, -0.1) is 0 Å². The molecule has 34 heavy (non-hydrogen) atoms. The lowest BCUT2D eigenvalue weighted by Gasteiger charge is -2.36. The molecule has 1 aromatic carbocycles. The van der Waals surface area contributed by atoms with E-state index in [4.69, 9.17) is 14.2 Å². The maximum Gasteiger partial charge on any atom is 0.408 e. The van der Waals surface area contributed by atoms with E-state index < -0.39 is 41.1 Å². The summed E-state index contributed by atoms with van der Waals surface area (Å²) >= 11 is 0. The molecular formula is C25H35NO8. The van der Waals surface area contributed by atoms with E-state index in [1.54, 1.807) is 52.8 Å². The summed E-state index contributed by atoms with van der Waals surface area (Å²) in [7, 11) is 1.20. The van der Waals surface area contributed by atoms with Gasteiger partial charge in [-0.05, 0) is 53.5 Å². The largest absolute Gasteiger partial charge is 0.466 e. The molecule has 0 heterocycles. The van der Waals surface area contributed by atoms with Crippen LogP contribution in [0.2, 0.25) is 0 Å². The molecule has 9 heteroatoms. The van der Waals surface area contributed by atoms with E-state index >= 15 is 0 Å². The normalized spacial score (nSPS) is 12.6. The maximum absolute atomic E-state index is 13.4. The molecule has 1 aromatic rings. The van der Waals surface area contributed by atoms with Gasteiger partial charge < -0.3 is 24.3 Å². The Morgan fingerprint density at radius 3 is 2.09 bits per heavy atom. The van der Waals surface area contributed by atoms with Crippen LogP contribution in [0.5, 0.6) is 0 Å². The smallest absolute Gasteiger partial charge is 0.408 e. The molecule has 0 aliphatic rings. The van der Waals surface area contributed by atoms with Crippen molar-refractivity contribution in [3.05, 3.63) is 47.5 Å². The average Bonchev–Trinajstić information content (AvgIpc) is 2.74. The molecule has 0 fully saturated rings. The van der Waals surface area contributed by atoms with E-state index in [1.807, 2.05) is 13.0 Å². The van der Waals surface area contributed by atoms with Crippen molar-refractivity contribution in [1.29, 1.82) is 0 Å². The zero-order valence-electron chi connectivity index (χ0n) is 20.9. The van der Waals surface area contributed by atoms with Gasteiger partial charge >= 0.3 is 24.0 Å². The molecule has 1 N–H and O–H groups in total. The van der Waals surface area contributed by atoms with Gasteiger partial charge in [0.1, 0.15) is 5.60 Å². The van der Waals surface area contributed by atoms with E-state index in [0.717, 1.165) is 11.6 Å². The summed E-state index contributed by atoms with van der Waals surface area (Å²) in [5.41, 5.74) is -1.59. The zero-order chi connectivity index (χ0) is 25.9. The van der Waals surface area contributed by atoms with Gasteiger partial charge in [-0.3, -0.25) is 9.59 Å². The van der Waals surface area contributed by atoms with Gasteiger partial charge in [0.05, 0.1) is 26.4 Å². The summed E-state index contributed by atoms with van der Waals surface area (Å²) in [5, 5.41) is 2.68. The topological polar surface area (TPSA) is 117 Å². The van der Waals surface area contributed by atoms with Crippen molar-refractivity contribution in [2.75, 3.05) is 20.3 Å². The van der Waals surface area contributed by atoms with E-state index in [1.165, 1.54) is 13.2 Å². The lowest BCUT2D eigenvalue weighted by Crippen LogP contribution is -2.53. The highest BCUT2D eigenvalue weighted by Gasteiger charge is 2.56. The van der Waals surface area contributed by atoms with Gasteiger partial charge in [-0.25, -0.2) is 9.59 Å². The summed E-state index contributed by atoms with van der Waals surface area (Å²) in [4.78, 5) is 51.4. The number of allylic oxidation sites excluding steroid dienone is 1. The summed E-state index contributed by atoms with van der Waals surface area (Å²) in [5.74, 6) is -2.50. The molecule has 0 aromatic heterocycles. The number of nitrogens with one attached hydrogen (secondary N) is 1. The Kier molecular flexibility index (Phi) is 10.8. The Bertz CT molecular complexity index is 882. The third-order valence-corrected chi connectivity index (χ3v) is 4.70. The van der Waals surface area contributed by atoms with Crippen LogP contribution in [-0.4, -0.2) is 49.9 Å². The number of aryl methyl sites for hydroxylation is 1. The van der Waals surface area contributed by atoms with Crippen LogP contribution in [0.4, 0.5) is 4.79 Å². The predicted octanol–water partition coefficient (Wildman–Crippen LogP) is 3.79. The Hall–Kier alpha value is -3.36. The van der Waals surface area contributed by atoms with Crippen molar-refractivity contribution >= 4 is 24.0 Å². The van der Waals surface area contributed by atoms with Gasteiger partial charge in [-0.1, -0.05) is 35.9 Å². The number of benzene rings is 1. The monoisotopic (exact) mass is 477 g/mol. The number of rotatable bonds is 10. The molecule has 0 saturated heterocycles. The van der Waals surface area contributed by atoms with Crippen LogP contribution in [0.15, 0.2) is 36.4 Å². The van der Waals surface area contributed by atoms with Crippen molar-refractivity contribution in [3.8, 4) is 0 Å². The standard InChI is InChI=1S/C25H35NO8/c1-8-32-21(28)25(22(29)33-9-2,15-11-14-19(27)31-7)20(18-13-10-12-17(3)16-18)26-23(30)34-24(4,5)6/h10-14,16,20H,8-9,15H2,1-7H3,(H,26,30)/b14-11+/t20-/m1/s1. The van der Waals surface area contributed by atoms with Crippen molar-refractivity contribution in [3.63, 3.8) is 0 Å². The Morgan fingerprint density at radius 1 is 1.03 bits per heavy atom. The third-order valence-electron chi connectivity index (χ3n) is 4.70. The molecule has 1 atom stereocenters. The SMILES string of the molecule is CCOC(=O)C(C/C=C/C(=O)OC)(C(=O)OCC)[C@H](NC(=O)OC(C)(C)C)c1cccc(C)c1. The number of methoxy groups -OCH3 is 1. The van der Waals surface area contributed by atoms with E-state index in [-0.39, 0.29) is 19.6 Å². The molecule has 0 bridgehead atoms.